The molecule has 0 amide bonds. The first-order valence-electron chi connectivity index (χ1n) is 5.87. The second-order valence-electron chi connectivity index (χ2n) is 4.17. The molecule has 2 aromatic rings. The highest BCUT2D eigenvalue weighted by atomic mass is 35.5. The van der Waals surface area contributed by atoms with E-state index in [-0.39, 0.29) is 5.02 Å². The second kappa shape index (κ2) is 6.54. The number of halogens is 3. The minimum absolute atomic E-state index is 0.0000578. The van der Waals surface area contributed by atoms with Crippen molar-refractivity contribution in [3.05, 3.63) is 51.5 Å². The molecule has 1 aromatic carbocycles. The van der Waals surface area contributed by atoms with Gasteiger partial charge in [0, 0.05) is 7.11 Å². The van der Waals surface area contributed by atoms with Gasteiger partial charge in [-0.3, -0.25) is 4.68 Å². The summed E-state index contributed by atoms with van der Waals surface area (Å²) in [6.45, 7) is 0.860. The molecule has 4 nitrogen and oxygen atoms in total. The molecule has 1 heterocycles. The molecular formula is C13H13Cl2FN2O2. The predicted octanol–water partition coefficient (Wildman–Crippen LogP) is 3.06. The Balaban J connectivity index is 2.34. The Morgan fingerprint density at radius 2 is 2.15 bits per heavy atom. The van der Waals surface area contributed by atoms with Crippen molar-refractivity contribution in [3.8, 4) is 0 Å². The Hall–Kier alpha value is -1.14. The van der Waals surface area contributed by atoms with Gasteiger partial charge in [0.15, 0.2) is 0 Å². The van der Waals surface area contributed by atoms with Crippen LogP contribution in [0.15, 0.2) is 24.4 Å². The number of hydrogen-bond donors (Lipinski definition) is 1. The van der Waals surface area contributed by atoms with Crippen LogP contribution >= 0.6 is 23.2 Å². The number of benzene rings is 1. The lowest BCUT2D eigenvalue weighted by atomic mass is 10.1. The zero-order valence-electron chi connectivity index (χ0n) is 10.7. The number of methoxy groups -OCH3 is 1. The molecule has 7 heteroatoms. The van der Waals surface area contributed by atoms with Crippen molar-refractivity contribution in [2.75, 3.05) is 13.7 Å². The van der Waals surface area contributed by atoms with E-state index in [9.17, 15) is 9.50 Å². The quantitative estimate of drug-likeness (QED) is 0.921. The first-order valence-corrected chi connectivity index (χ1v) is 6.63. The zero-order chi connectivity index (χ0) is 14.7. The van der Waals surface area contributed by atoms with Gasteiger partial charge in [-0.2, -0.15) is 5.10 Å². The van der Waals surface area contributed by atoms with Crippen molar-refractivity contribution in [1.82, 2.24) is 9.78 Å². The van der Waals surface area contributed by atoms with E-state index in [0.29, 0.717) is 29.4 Å². The monoisotopic (exact) mass is 318 g/mol. The summed E-state index contributed by atoms with van der Waals surface area (Å²) >= 11 is 11.7. The van der Waals surface area contributed by atoms with Gasteiger partial charge < -0.3 is 9.84 Å². The average Bonchev–Trinajstić information content (AvgIpc) is 2.80. The van der Waals surface area contributed by atoms with E-state index in [1.807, 2.05) is 0 Å². The molecule has 1 unspecified atom stereocenters. The summed E-state index contributed by atoms with van der Waals surface area (Å²) in [6, 6.07) is 4.11. The van der Waals surface area contributed by atoms with Gasteiger partial charge in [-0.15, -0.1) is 0 Å². The largest absolute Gasteiger partial charge is 0.383 e. The van der Waals surface area contributed by atoms with Crippen LogP contribution in [-0.2, 0) is 11.3 Å². The summed E-state index contributed by atoms with van der Waals surface area (Å²) in [7, 11) is 1.57. The summed E-state index contributed by atoms with van der Waals surface area (Å²) in [5.74, 6) is -0.595. The lowest BCUT2D eigenvalue weighted by Gasteiger charge is -2.14. The summed E-state index contributed by atoms with van der Waals surface area (Å²) in [4.78, 5) is 0. The maximum Gasteiger partial charge on any atom is 0.142 e. The molecule has 0 saturated heterocycles. The molecule has 2 rings (SSSR count). The molecule has 1 atom stereocenters. The van der Waals surface area contributed by atoms with Crippen LogP contribution in [-0.4, -0.2) is 28.6 Å². The maximum absolute atomic E-state index is 13.5. The van der Waals surface area contributed by atoms with Crippen LogP contribution in [0.3, 0.4) is 0 Å². The first kappa shape index (κ1) is 15.3. The summed E-state index contributed by atoms with van der Waals surface area (Å²) in [5, 5.41) is 14.7. The molecule has 0 fully saturated rings. The lowest BCUT2D eigenvalue weighted by Crippen LogP contribution is -2.13. The van der Waals surface area contributed by atoms with Gasteiger partial charge in [0.1, 0.15) is 11.9 Å². The minimum Gasteiger partial charge on any atom is -0.383 e. The third-order valence-corrected chi connectivity index (χ3v) is 3.46. The van der Waals surface area contributed by atoms with Gasteiger partial charge >= 0.3 is 0 Å². The topological polar surface area (TPSA) is 47.3 Å². The summed E-state index contributed by atoms with van der Waals surface area (Å²) < 4.78 is 20.0. The van der Waals surface area contributed by atoms with Gasteiger partial charge in [-0.1, -0.05) is 29.3 Å². The highest BCUT2D eigenvalue weighted by Crippen LogP contribution is 2.29. The maximum atomic E-state index is 13.5. The Morgan fingerprint density at radius 1 is 1.40 bits per heavy atom. The molecular weight excluding hydrogens is 306 g/mol. The Morgan fingerprint density at radius 3 is 2.80 bits per heavy atom. The van der Waals surface area contributed by atoms with Gasteiger partial charge in [0.05, 0.1) is 35.1 Å². The van der Waals surface area contributed by atoms with E-state index in [2.05, 4.69) is 5.10 Å². The highest BCUT2D eigenvalue weighted by molar-refractivity contribution is 6.31. The molecule has 108 valence electrons. The van der Waals surface area contributed by atoms with Crippen molar-refractivity contribution in [3.63, 3.8) is 0 Å². The number of aliphatic hydroxyl groups is 1. The Labute approximate surface area is 125 Å². The van der Waals surface area contributed by atoms with Crippen molar-refractivity contribution < 1.29 is 14.2 Å². The van der Waals surface area contributed by atoms with E-state index in [1.165, 1.54) is 23.0 Å². The number of nitrogens with zero attached hydrogens (tertiary/aromatic N) is 2. The van der Waals surface area contributed by atoms with Gasteiger partial charge in [0.2, 0.25) is 0 Å². The predicted molar refractivity (Wildman–Crippen MR) is 74.6 cm³/mol. The number of rotatable bonds is 5. The number of hydrogen-bond acceptors (Lipinski definition) is 3. The minimum atomic E-state index is -1.09. The van der Waals surface area contributed by atoms with E-state index < -0.39 is 11.9 Å². The molecule has 0 spiro atoms. The van der Waals surface area contributed by atoms with Crippen LogP contribution < -0.4 is 0 Å². The third kappa shape index (κ3) is 3.12. The first-order chi connectivity index (χ1) is 9.54. The molecule has 0 aliphatic heterocycles. The smallest absolute Gasteiger partial charge is 0.142 e. The molecule has 20 heavy (non-hydrogen) atoms. The second-order valence-corrected chi connectivity index (χ2v) is 4.98. The van der Waals surface area contributed by atoms with Crippen molar-refractivity contribution in [2.24, 2.45) is 0 Å². The molecule has 1 aromatic heterocycles. The summed E-state index contributed by atoms with van der Waals surface area (Å²) in [6.07, 6.45) is 0.343. The number of aliphatic hydroxyl groups excluding tert-OH is 1. The van der Waals surface area contributed by atoms with E-state index >= 15 is 0 Å². The molecule has 0 radical (unpaired) electrons. The standard InChI is InChI=1S/C13H13Cl2FN2O2/c1-20-5-4-18-12(10(15)7-17-18)13(19)8-2-3-9(14)11(16)6-8/h2-3,6-7,13,19H,4-5H2,1H3. The Bertz CT molecular complexity index is 604. The zero-order valence-corrected chi connectivity index (χ0v) is 12.2. The van der Waals surface area contributed by atoms with E-state index in [1.54, 1.807) is 13.2 Å². The van der Waals surface area contributed by atoms with Crippen molar-refractivity contribution in [1.29, 1.82) is 0 Å². The highest BCUT2D eigenvalue weighted by Gasteiger charge is 2.20. The average molecular weight is 319 g/mol. The van der Waals surface area contributed by atoms with Crippen LogP contribution in [0.1, 0.15) is 17.4 Å². The summed E-state index contributed by atoms with van der Waals surface area (Å²) in [5.41, 5.74) is 0.749. The van der Waals surface area contributed by atoms with Crippen LogP contribution in [0.4, 0.5) is 4.39 Å². The fourth-order valence-corrected chi connectivity index (χ4v) is 2.20. The van der Waals surface area contributed by atoms with Crippen molar-refractivity contribution >= 4 is 23.2 Å². The molecule has 0 saturated carbocycles. The Kier molecular flexibility index (Phi) is 4.99. The lowest BCUT2D eigenvalue weighted by molar-refractivity contribution is 0.171. The SMILES string of the molecule is COCCn1ncc(Cl)c1C(O)c1ccc(Cl)c(F)c1. The normalized spacial score (nSPS) is 12.7. The molecule has 0 aliphatic carbocycles. The van der Waals surface area contributed by atoms with E-state index in [4.69, 9.17) is 27.9 Å². The van der Waals surface area contributed by atoms with Gasteiger partial charge in [-0.05, 0) is 17.7 Å². The van der Waals surface area contributed by atoms with Crippen LogP contribution in [0.2, 0.25) is 10.0 Å². The van der Waals surface area contributed by atoms with Crippen LogP contribution in [0, 0.1) is 5.82 Å². The van der Waals surface area contributed by atoms with Gasteiger partial charge in [-0.25, -0.2) is 4.39 Å². The van der Waals surface area contributed by atoms with Crippen molar-refractivity contribution in [2.45, 2.75) is 12.6 Å². The number of aromatic nitrogens is 2. The third-order valence-electron chi connectivity index (χ3n) is 2.86. The van der Waals surface area contributed by atoms with Gasteiger partial charge in [0.25, 0.3) is 0 Å². The van der Waals surface area contributed by atoms with Crippen LogP contribution in [0.25, 0.3) is 0 Å². The van der Waals surface area contributed by atoms with E-state index in [0.717, 1.165) is 0 Å². The molecule has 1 N–H and O–H groups in total. The molecule has 0 bridgehead atoms. The number of ether oxygens (including phenoxy) is 1. The fraction of sp³-hybridized carbons (Fsp3) is 0.308. The molecule has 0 aliphatic rings. The fourth-order valence-electron chi connectivity index (χ4n) is 1.84. The van der Waals surface area contributed by atoms with Crippen LogP contribution in [0.5, 0.6) is 0 Å².